The molecule has 0 aromatic heterocycles. The summed E-state index contributed by atoms with van der Waals surface area (Å²) in [6.07, 6.45) is -2.58. The predicted molar refractivity (Wildman–Crippen MR) is 68.6 cm³/mol. The molecule has 0 spiro atoms. The van der Waals surface area contributed by atoms with E-state index in [2.05, 4.69) is 10.6 Å². The van der Waals surface area contributed by atoms with E-state index in [1.54, 1.807) is 24.3 Å². The van der Waals surface area contributed by atoms with Gasteiger partial charge in [0, 0.05) is 12.1 Å². The number of halogens is 3. The maximum Gasteiger partial charge on any atom is 0.315 e. The molecule has 0 aliphatic rings. The molecule has 1 atom stereocenters. The Morgan fingerprint density at radius 3 is 2.53 bits per heavy atom. The van der Waals surface area contributed by atoms with Gasteiger partial charge in [-0.15, -0.1) is 0 Å². The number of ether oxygens (including phenoxy) is 1. The number of carbonyl (C=O) groups is 1. The zero-order chi connectivity index (χ0) is 14.3. The molecule has 2 amide bonds. The van der Waals surface area contributed by atoms with E-state index in [0.717, 1.165) is 5.56 Å². The number of benzene rings is 1. The second kappa shape index (κ2) is 7.91. The van der Waals surface area contributed by atoms with Gasteiger partial charge in [-0.1, -0.05) is 23.7 Å². The first-order chi connectivity index (χ1) is 9.02. The van der Waals surface area contributed by atoms with Crippen molar-refractivity contribution < 1.29 is 18.3 Å². The van der Waals surface area contributed by atoms with Crippen LogP contribution in [0.2, 0.25) is 5.02 Å². The van der Waals surface area contributed by atoms with Gasteiger partial charge < -0.3 is 15.4 Å². The molecule has 19 heavy (non-hydrogen) atoms. The normalized spacial score (nSPS) is 12.3. The van der Waals surface area contributed by atoms with E-state index in [1.165, 1.54) is 7.11 Å². The number of rotatable bonds is 6. The average Bonchev–Trinajstić information content (AvgIpc) is 2.37. The lowest BCUT2D eigenvalue weighted by Gasteiger charge is -2.18. The molecule has 2 N–H and O–H groups in total. The first-order valence-corrected chi connectivity index (χ1v) is 5.97. The SMILES string of the molecule is COC[C@@H](NC(=O)NCC(F)F)c1ccc(Cl)cc1. The van der Waals surface area contributed by atoms with Crippen LogP contribution in [0.3, 0.4) is 0 Å². The van der Waals surface area contributed by atoms with Gasteiger partial charge >= 0.3 is 6.03 Å². The monoisotopic (exact) mass is 292 g/mol. The van der Waals surface area contributed by atoms with Crippen LogP contribution in [-0.4, -0.2) is 32.7 Å². The smallest absolute Gasteiger partial charge is 0.315 e. The van der Waals surface area contributed by atoms with Crippen molar-refractivity contribution in [2.75, 3.05) is 20.3 Å². The fraction of sp³-hybridized carbons (Fsp3) is 0.417. The Balaban J connectivity index is 2.62. The molecule has 0 aliphatic carbocycles. The zero-order valence-corrected chi connectivity index (χ0v) is 11.1. The van der Waals surface area contributed by atoms with Crippen LogP contribution >= 0.6 is 11.6 Å². The van der Waals surface area contributed by atoms with E-state index in [9.17, 15) is 13.6 Å². The minimum absolute atomic E-state index is 0.226. The summed E-state index contributed by atoms with van der Waals surface area (Å²) < 4.78 is 28.9. The van der Waals surface area contributed by atoms with Crippen molar-refractivity contribution in [3.63, 3.8) is 0 Å². The molecule has 1 rings (SSSR count). The van der Waals surface area contributed by atoms with Crippen molar-refractivity contribution in [2.24, 2.45) is 0 Å². The number of urea groups is 1. The third-order valence-corrected chi connectivity index (χ3v) is 2.58. The van der Waals surface area contributed by atoms with Crippen LogP contribution in [-0.2, 0) is 4.74 Å². The standard InChI is InChI=1S/C12H15ClF2N2O2/c1-19-7-10(8-2-4-9(13)5-3-8)17-12(18)16-6-11(14)15/h2-5,10-11H,6-7H2,1H3,(H2,16,17,18)/t10-/m1/s1. The molecule has 0 radical (unpaired) electrons. The first kappa shape index (κ1) is 15.7. The first-order valence-electron chi connectivity index (χ1n) is 5.60. The zero-order valence-electron chi connectivity index (χ0n) is 10.3. The second-order valence-electron chi connectivity index (χ2n) is 3.80. The number of nitrogens with one attached hydrogen (secondary N) is 2. The highest BCUT2D eigenvalue weighted by atomic mass is 35.5. The van der Waals surface area contributed by atoms with Crippen LogP contribution in [0.5, 0.6) is 0 Å². The Morgan fingerprint density at radius 2 is 2.00 bits per heavy atom. The molecular formula is C12H15ClF2N2O2. The average molecular weight is 293 g/mol. The Labute approximate surface area is 115 Å². The molecule has 1 aromatic rings. The van der Waals surface area contributed by atoms with Crippen molar-refractivity contribution in [3.05, 3.63) is 34.9 Å². The van der Waals surface area contributed by atoms with Crippen LogP contribution in [0, 0.1) is 0 Å². The van der Waals surface area contributed by atoms with Gasteiger partial charge in [0.05, 0.1) is 19.2 Å². The summed E-state index contributed by atoms with van der Waals surface area (Å²) in [4.78, 5) is 11.4. The van der Waals surface area contributed by atoms with Gasteiger partial charge in [0.15, 0.2) is 0 Å². The maximum absolute atomic E-state index is 12.0. The molecular weight excluding hydrogens is 278 g/mol. The minimum atomic E-state index is -2.58. The molecule has 0 heterocycles. The van der Waals surface area contributed by atoms with Crippen molar-refractivity contribution in [1.29, 1.82) is 0 Å². The quantitative estimate of drug-likeness (QED) is 0.847. The van der Waals surface area contributed by atoms with Crippen molar-refractivity contribution in [2.45, 2.75) is 12.5 Å². The summed E-state index contributed by atoms with van der Waals surface area (Å²) in [5.41, 5.74) is 0.776. The third-order valence-electron chi connectivity index (χ3n) is 2.33. The van der Waals surface area contributed by atoms with Gasteiger partial charge in [-0.05, 0) is 17.7 Å². The van der Waals surface area contributed by atoms with E-state index in [1.807, 2.05) is 0 Å². The highest BCUT2D eigenvalue weighted by Crippen LogP contribution is 2.16. The molecule has 0 saturated carbocycles. The van der Waals surface area contributed by atoms with Crippen LogP contribution < -0.4 is 10.6 Å². The molecule has 0 fully saturated rings. The van der Waals surface area contributed by atoms with Gasteiger partial charge in [-0.25, -0.2) is 13.6 Å². The lowest BCUT2D eigenvalue weighted by atomic mass is 10.1. The largest absolute Gasteiger partial charge is 0.382 e. The van der Waals surface area contributed by atoms with Crippen LogP contribution in [0.15, 0.2) is 24.3 Å². The van der Waals surface area contributed by atoms with E-state index < -0.39 is 25.0 Å². The Morgan fingerprint density at radius 1 is 1.37 bits per heavy atom. The molecule has 4 nitrogen and oxygen atoms in total. The molecule has 0 bridgehead atoms. The molecule has 0 unspecified atom stereocenters. The highest BCUT2D eigenvalue weighted by Gasteiger charge is 2.15. The Kier molecular flexibility index (Phi) is 6.52. The lowest BCUT2D eigenvalue weighted by Crippen LogP contribution is -2.41. The van der Waals surface area contributed by atoms with Crippen LogP contribution in [0.1, 0.15) is 11.6 Å². The fourth-order valence-corrected chi connectivity index (χ4v) is 1.59. The number of methoxy groups -OCH3 is 1. The molecule has 1 aromatic carbocycles. The fourth-order valence-electron chi connectivity index (χ4n) is 1.46. The van der Waals surface area contributed by atoms with Crippen molar-refractivity contribution >= 4 is 17.6 Å². The van der Waals surface area contributed by atoms with Crippen LogP contribution in [0.4, 0.5) is 13.6 Å². The molecule has 106 valence electrons. The topological polar surface area (TPSA) is 50.4 Å². The lowest BCUT2D eigenvalue weighted by molar-refractivity contribution is 0.142. The summed E-state index contributed by atoms with van der Waals surface area (Å²) in [5.74, 6) is 0. The number of hydrogen-bond acceptors (Lipinski definition) is 2. The maximum atomic E-state index is 12.0. The van der Waals surface area contributed by atoms with E-state index >= 15 is 0 Å². The second-order valence-corrected chi connectivity index (χ2v) is 4.24. The predicted octanol–water partition coefficient (Wildman–Crippen LogP) is 2.59. The van der Waals surface area contributed by atoms with Gasteiger partial charge in [-0.2, -0.15) is 0 Å². The Hall–Kier alpha value is -1.40. The van der Waals surface area contributed by atoms with E-state index in [4.69, 9.17) is 16.3 Å². The van der Waals surface area contributed by atoms with Crippen LogP contribution in [0.25, 0.3) is 0 Å². The molecule has 0 saturated heterocycles. The third kappa shape index (κ3) is 5.85. The minimum Gasteiger partial charge on any atom is -0.382 e. The molecule has 0 aliphatic heterocycles. The summed E-state index contributed by atoms with van der Waals surface area (Å²) in [6, 6.07) is 5.73. The number of amides is 2. The van der Waals surface area contributed by atoms with Gasteiger partial charge in [0.2, 0.25) is 0 Å². The van der Waals surface area contributed by atoms with Gasteiger partial charge in [0.25, 0.3) is 6.43 Å². The summed E-state index contributed by atoms with van der Waals surface area (Å²) in [5, 5.41) is 5.20. The van der Waals surface area contributed by atoms with Gasteiger partial charge in [-0.3, -0.25) is 0 Å². The Bertz CT molecular complexity index is 401. The number of hydrogen-bond donors (Lipinski definition) is 2. The van der Waals surface area contributed by atoms with Crippen molar-refractivity contribution in [1.82, 2.24) is 10.6 Å². The summed E-state index contributed by atoms with van der Waals surface area (Å²) in [6.45, 7) is -0.462. The van der Waals surface area contributed by atoms with Gasteiger partial charge in [0.1, 0.15) is 0 Å². The number of carbonyl (C=O) groups excluding carboxylic acids is 1. The number of alkyl halides is 2. The summed E-state index contributed by atoms with van der Waals surface area (Å²) in [7, 11) is 1.49. The van der Waals surface area contributed by atoms with E-state index in [-0.39, 0.29) is 6.61 Å². The molecule has 7 heteroatoms. The highest BCUT2D eigenvalue weighted by molar-refractivity contribution is 6.30. The summed E-state index contributed by atoms with van der Waals surface area (Å²) >= 11 is 5.77. The van der Waals surface area contributed by atoms with Crippen molar-refractivity contribution in [3.8, 4) is 0 Å². The van der Waals surface area contributed by atoms with E-state index in [0.29, 0.717) is 5.02 Å².